The molecule has 2 heteroatoms. The summed E-state index contributed by atoms with van der Waals surface area (Å²) >= 11 is 2.05. The van der Waals surface area contributed by atoms with Crippen LogP contribution >= 0.6 is 11.8 Å². The first-order chi connectivity index (χ1) is 8.54. The van der Waals surface area contributed by atoms with Crippen molar-refractivity contribution in [2.45, 2.75) is 57.6 Å². The molecule has 0 heterocycles. The number of thioether (sulfide) groups is 1. The van der Waals surface area contributed by atoms with Gasteiger partial charge in [0.25, 0.3) is 0 Å². The molecule has 0 aliphatic rings. The van der Waals surface area contributed by atoms with Crippen molar-refractivity contribution >= 4 is 11.8 Å². The van der Waals surface area contributed by atoms with Gasteiger partial charge in [-0.1, -0.05) is 57.5 Å². The van der Waals surface area contributed by atoms with Gasteiger partial charge in [0.15, 0.2) is 0 Å². The average molecular weight is 265 g/mol. The summed E-state index contributed by atoms with van der Waals surface area (Å²) in [5.41, 5.74) is 2.74. The fraction of sp³-hybridized carbons (Fsp3) is 0.625. The summed E-state index contributed by atoms with van der Waals surface area (Å²) in [5.74, 6) is 0. The lowest BCUT2D eigenvalue weighted by molar-refractivity contribution is 0.527. The lowest BCUT2D eigenvalue weighted by Gasteiger charge is -2.26. The molecule has 1 rings (SSSR count). The van der Waals surface area contributed by atoms with Gasteiger partial charge < -0.3 is 5.32 Å². The number of aryl methyl sites for hydroxylation is 1. The van der Waals surface area contributed by atoms with Crippen molar-refractivity contribution in [2.75, 3.05) is 6.54 Å². The van der Waals surface area contributed by atoms with Crippen molar-refractivity contribution in [2.24, 2.45) is 0 Å². The van der Waals surface area contributed by atoms with Crippen LogP contribution in [0, 0.1) is 6.92 Å². The number of hydrogen-bond acceptors (Lipinski definition) is 2. The molecule has 0 amide bonds. The molecule has 0 fully saturated rings. The van der Waals surface area contributed by atoms with Gasteiger partial charge in [-0.2, -0.15) is 11.8 Å². The summed E-state index contributed by atoms with van der Waals surface area (Å²) in [4.78, 5) is 0. The maximum atomic E-state index is 3.69. The Balaban J connectivity index is 2.79. The zero-order valence-electron chi connectivity index (χ0n) is 12.4. The van der Waals surface area contributed by atoms with Crippen LogP contribution < -0.4 is 5.32 Å². The van der Waals surface area contributed by atoms with E-state index in [0.29, 0.717) is 16.5 Å². The highest BCUT2D eigenvalue weighted by molar-refractivity contribution is 8.00. The van der Waals surface area contributed by atoms with Crippen LogP contribution in [-0.2, 0) is 0 Å². The Labute approximate surface area is 117 Å². The van der Waals surface area contributed by atoms with Crippen LogP contribution in [0.2, 0.25) is 0 Å². The minimum atomic E-state index is 0.456. The van der Waals surface area contributed by atoms with Gasteiger partial charge in [-0.25, -0.2) is 0 Å². The Hall–Kier alpha value is -0.470. The molecule has 2 atom stereocenters. The van der Waals surface area contributed by atoms with Crippen molar-refractivity contribution in [1.82, 2.24) is 5.32 Å². The minimum Gasteiger partial charge on any atom is -0.309 e. The summed E-state index contributed by atoms with van der Waals surface area (Å²) in [5, 5.41) is 4.96. The van der Waals surface area contributed by atoms with Crippen LogP contribution in [0.15, 0.2) is 24.3 Å². The second-order valence-electron chi connectivity index (χ2n) is 5.23. The second kappa shape index (κ2) is 7.85. The van der Waals surface area contributed by atoms with Crippen LogP contribution in [0.25, 0.3) is 0 Å². The van der Waals surface area contributed by atoms with E-state index in [1.807, 2.05) is 11.8 Å². The first-order valence-corrected chi connectivity index (χ1v) is 7.94. The van der Waals surface area contributed by atoms with Crippen LogP contribution in [0.5, 0.6) is 0 Å². The topological polar surface area (TPSA) is 12.0 Å². The fourth-order valence-corrected chi connectivity index (χ4v) is 3.41. The van der Waals surface area contributed by atoms with E-state index in [2.05, 4.69) is 64.2 Å². The first-order valence-electron chi connectivity index (χ1n) is 7.00. The molecular weight excluding hydrogens is 238 g/mol. The highest BCUT2D eigenvalue weighted by atomic mass is 32.2. The summed E-state index contributed by atoms with van der Waals surface area (Å²) in [6, 6.07) is 9.41. The van der Waals surface area contributed by atoms with Crippen LogP contribution in [-0.4, -0.2) is 17.0 Å². The molecule has 2 unspecified atom stereocenters. The van der Waals surface area contributed by atoms with E-state index in [0.717, 1.165) is 6.54 Å². The summed E-state index contributed by atoms with van der Waals surface area (Å²) in [7, 11) is 0. The number of rotatable bonds is 7. The minimum absolute atomic E-state index is 0.456. The lowest BCUT2D eigenvalue weighted by Crippen LogP contribution is -2.30. The Bertz CT molecular complexity index is 331. The molecule has 0 bridgehead atoms. The van der Waals surface area contributed by atoms with Gasteiger partial charge in [0.2, 0.25) is 0 Å². The van der Waals surface area contributed by atoms with Gasteiger partial charge in [0, 0.05) is 11.3 Å². The van der Waals surface area contributed by atoms with Gasteiger partial charge in [0.1, 0.15) is 0 Å². The standard InChI is InChI=1S/C16H27NS/c1-6-11-17-16(14(5)18-12(2)3)15-9-7-13(4)8-10-15/h7-10,12,14,16-17H,6,11H2,1-5H3. The van der Waals surface area contributed by atoms with Crippen LogP contribution in [0.1, 0.15) is 51.3 Å². The van der Waals surface area contributed by atoms with E-state index in [4.69, 9.17) is 0 Å². The monoisotopic (exact) mass is 265 g/mol. The molecule has 0 aromatic heterocycles. The highest BCUT2D eigenvalue weighted by Gasteiger charge is 2.19. The molecule has 18 heavy (non-hydrogen) atoms. The summed E-state index contributed by atoms with van der Waals surface area (Å²) in [6.45, 7) is 12.3. The third-order valence-electron chi connectivity index (χ3n) is 3.01. The van der Waals surface area contributed by atoms with E-state index >= 15 is 0 Å². The van der Waals surface area contributed by atoms with Gasteiger partial charge in [0.05, 0.1) is 0 Å². The zero-order valence-corrected chi connectivity index (χ0v) is 13.2. The Morgan fingerprint density at radius 3 is 2.22 bits per heavy atom. The fourth-order valence-electron chi connectivity index (χ4n) is 2.14. The predicted octanol–water partition coefficient (Wildman–Crippen LogP) is 4.57. The molecule has 0 saturated heterocycles. The number of nitrogens with one attached hydrogen (secondary N) is 1. The molecule has 0 aliphatic carbocycles. The average Bonchev–Trinajstić information content (AvgIpc) is 2.31. The molecule has 1 aromatic carbocycles. The van der Waals surface area contributed by atoms with Gasteiger partial charge in [-0.3, -0.25) is 0 Å². The van der Waals surface area contributed by atoms with E-state index in [1.54, 1.807) is 0 Å². The molecule has 1 aromatic rings. The summed E-state index contributed by atoms with van der Waals surface area (Å²) < 4.78 is 0. The third kappa shape index (κ3) is 5.03. The van der Waals surface area contributed by atoms with E-state index in [9.17, 15) is 0 Å². The lowest BCUT2D eigenvalue weighted by atomic mass is 10.0. The Kier molecular flexibility index (Phi) is 6.80. The van der Waals surface area contributed by atoms with Crippen molar-refractivity contribution in [3.05, 3.63) is 35.4 Å². The smallest absolute Gasteiger partial charge is 0.0438 e. The van der Waals surface area contributed by atoms with Crippen LogP contribution in [0.3, 0.4) is 0 Å². The van der Waals surface area contributed by atoms with Crippen LogP contribution in [0.4, 0.5) is 0 Å². The third-order valence-corrected chi connectivity index (χ3v) is 4.25. The predicted molar refractivity (Wildman–Crippen MR) is 84.4 cm³/mol. The van der Waals surface area contributed by atoms with Crippen molar-refractivity contribution in [1.29, 1.82) is 0 Å². The molecule has 0 aliphatic heterocycles. The van der Waals surface area contributed by atoms with E-state index in [-0.39, 0.29) is 0 Å². The number of benzene rings is 1. The van der Waals surface area contributed by atoms with Crippen molar-refractivity contribution < 1.29 is 0 Å². The zero-order chi connectivity index (χ0) is 13.5. The Morgan fingerprint density at radius 1 is 1.11 bits per heavy atom. The molecule has 0 spiro atoms. The van der Waals surface area contributed by atoms with Crippen molar-refractivity contribution in [3.63, 3.8) is 0 Å². The maximum Gasteiger partial charge on any atom is 0.0438 e. The first kappa shape index (κ1) is 15.6. The molecular formula is C16H27NS. The summed E-state index contributed by atoms with van der Waals surface area (Å²) in [6.07, 6.45) is 1.18. The number of hydrogen-bond donors (Lipinski definition) is 1. The van der Waals surface area contributed by atoms with Gasteiger partial charge in [-0.15, -0.1) is 0 Å². The second-order valence-corrected chi connectivity index (χ2v) is 7.19. The van der Waals surface area contributed by atoms with Gasteiger partial charge >= 0.3 is 0 Å². The largest absolute Gasteiger partial charge is 0.309 e. The molecule has 0 radical (unpaired) electrons. The Morgan fingerprint density at radius 2 is 1.72 bits per heavy atom. The highest BCUT2D eigenvalue weighted by Crippen LogP contribution is 2.29. The molecule has 102 valence electrons. The molecule has 1 N–H and O–H groups in total. The molecule has 1 nitrogen and oxygen atoms in total. The van der Waals surface area contributed by atoms with E-state index < -0.39 is 0 Å². The maximum absolute atomic E-state index is 3.69. The quantitative estimate of drug-likeness (QED) is 0.775. The van der Waals surface area contributed by atoms with E-state index in [1.165, 1.54) is 17.5 Å². The molecule has 0 saturated carbocycles. The van der Waals surface area contributed by atoms with Crippen molar-refractivity contribution in [3.8, 4) is 0 Å². The SMILES string of the molecule is CCCNC(c1ccc(C)cc1)C(C)SC(C)C. The normalized spacial score (nSPS) is 14.8. The van der Waals surface area contributed by atoms with Gasteiger partial charge in [-0.05, 0) is 30.7 Å².